The minimum absolute atomic E-state index is 0.0316. The van der Waals surface area contributed by atoms with Gasteiger partial charge in [0.15, 0.2) is 11.5 Å². The van der Waals surface area contributed by atoms with Crippen LogP contribution in [0.4, 0.5) is 10.2 Å². The number of amides is 2. The van der Waals surface area contributed by atoms with Crippen LogP contribution in [0.3, 0.4) is 0 Å². The summed E-state index contributed by atoms with van der Waals surface area (Å²) in [6.45, 7) is 1.93. The molecule has 1 saturated heterocycles. The van der Waals surface area contributed by atoms with Gasteiger partial charge in [-0.3, -0.25) is 9.59 Å². The molecule has 1 fully saturated rings. The van der Waals surface area contributed by atoms with Crippen molar-refractivity contribution in [3.8, 4) is 11.3 Å². The lowest BCUT2D eigenvalue weighted by molar-refractivity contribution is 0.0924. The van der Waals surface area contributed by atoms with Gasteiger partial charge in [-0.1, -0.05) is 18.2 Å². The second-order valence-corrected chi connectivity index (χ2v) is 7.90. The zero-order valence-corrected chi connectivity index (χ0v) is 18.0. The highest BCUT2D eigenvalue weighted by atomic mass is 19.1. The Morgan fingerprint density at radius 3 is 2.73 bits per heavy atom. The maximum atomic E-state index is 13.0. The van der Waals surface area contributed by atoms with Crippen molar-refractivity contribution in [3.05, 3.63) is 77.4 Å². The highest BCUT2D eigenvalue weighted by molar-refractivity contribution is 5.97. The molecule has 0 bridgehead atoms. The first-order valence-corrected chi connectivity index (χ1v) is 10.8. The summed E-state index contributed by atoms with van der Waals surface area (Å²) in [5.41, 5.74) is 8.47. The van der Waals surface area contributed by atoms with Gasteiger partial charge in [0, 0.05) is 30.3 Å². The molecule has 9 heteroatoms. The molecule has 5 N–H and O–H groups in total. The summed E-state index contributed by atoms with van der Waals surface area (Å²) in [7, 11) is 0. The van der Waals surface area contributed by atoms with Crippen molar-refractivity contribution >= 4 is 17.6 Å². The highest BCUT2D eigenvalue weighted by Gasteiger charge is 2.20. The van der Waals surface area contributed by atoms with E-state index in [1.54, 1.807) is 0 Å². The maximum Gasteiger partial charge on any atom is 0.274 e. The van der Waals surface area contributed by atoms with E-state index < -0.39 is 5.82 Å². The number of hydrogen-bond acceptors (Lipinski definition) is 6. The summed E-state index contributed by atoms with van der Waals surface area (Å²) in [6.07, 6.45) is 3.42. The lowest BCUT2D eigenvalue weighted by atomic mass is 10.1. The van der Waals surface area contributed by atoms with Gasteiger partial charge in [-0.25, -0.2) is 14.4 Å². The number of nitrogens with zero attached hydrogens (tertiary/aromatic N) is 2. The van der Waals surface area contributed by atoms with Crippen LogP contribution in [0.1, 0.15) is 39.3 Å². The number of halogens is 1. The van der Waals surface area contributed by atoms with Crippen LogP contribution in [-0.4, -0.2) is 40.9 Å². The van der Waals surface area contributed by atoms with E-state index in [1.807, 2.05) is 24.3 Å². The number of piperidine rings is 1. The van der Waals surface area contributed by atoms with Gasteiger partial charge in [0.25, 0.3) is 11.8 Å². The Kier molecular flexibility index (Phi) is 6.89. The standard InChI is InChI=1S/C24H25FN6O2/c25-18-8-6-16(7-9-18)23(32)29-12-15-3-1-4-17(11-15)20-14-28-22(26)21(31-20)24(33)30-19-5-2-10-27-13-19/h1,3-4,6-9,11,14,19,27H,2,5,10,12-13H2,(H2,26,28)(H,29,32)(H,30,33)/t19-/m0/s1. The fraction of sp³-hybridized carbons (Fsp3) is 0.250. The molecule has 0 spiro atoms. The molecule has 0 saturated carbocycles. The molecule has 8 nitrogen and oxygen atoms in total. The van der Waals surface area contributed by atoms with Crippen molar-refractivity contribution < 1.29 is 14.0 Å². The highest BCUT2D eigenvalue weighted by Crippen LogP contribution is 2.20. The molecule has 4 rings (SSSR count). The van der Waals surface area contributed by atoms with Crippen molar-refractivity contribution in [3.63, 3.8) is 0 Å². The Morgan fingerprint density at radius 1 is 1.15 bits per heavy atom. The maximum absolute atomic E-state index is 13.0. The van der Waals surface area contributed by atoms with E-state index in [0.29, 0.717) is 17.8 Å². The van der Waals surface area contributed by atoms with E-state index in [4.69, 9.17) is 5.73 Å². The van der Waals surface area contributed by atoms with Crippen LogP contribution in [-0.2, 0) is 6.54 Å². The number of nitrogen functional groups attached to an aromatic ring is 1. The molecule has 3 aromatic rings. The fourth-order valence-electron chi connectivity index (χ4n) is 3.66. The number of hydrogen-bond donors (Lipinski definition) is 4. The molecule has 33 heavy (non-hydrogen) atoms. The molecule has 1 aliphatic rings. The molecule has 0 aliphatic carbocycles. The third kappa shape index (κ3) is 5.69. The molecule has 2 amide bonds. The minimum atomic E-state index is -0.396. The number of rotatable bonds is 6. The lowest BCUT2D eigenvalue weighted by Gasteiger charge is -2.23. The number of carbonyl (C=O) groups is 2. The van der Waals surface area contributed by atoms with Crippen molar-refractivity contribution in [1.82, 2.24) is 25.9 Å². The summed E-state index contributed by atoms with van der Waals surface area (Å²) in [4.78, 5) is 33.6. The third-order valence-electron chi connectivity index (χ3n) is 5.43. The van der Waals surface area contributed by atoms with E-state index >= 15 is 0 Å². The van der Waals surface area contributed by atoms with Crippen LogP contribution < -0.4 is 21.7 Å². The molecule has 1 atom stereocenters. The van der Waals surface area contributed by atoms with Gasteiger partial charge >= 0.3 is 0 Å². The van der Waals surface area contributed by atoms with Gasteiger partial charge in [0.2, 0.25) is 0 Å². The molecular formula is C24H25FN6O2. The Bertz CT molecular complexity index is 1150. The number of anilines is 1. The topological polar surface area (TPSA) is 122 Å². The minimum Gasteiger partial charge on any atom is -0.382 e. The average Bonchev–Trinajstić information content (AvgIpc) is 2.84. The molecule has 0 radical (unpaired) electrons. The van der Waals surface area contributed by atoms with Crippen molar-refractivity contribution in [2.45, 2.75) is 25.4 Å². The van der Waals surface area contributed by atoms with E-state index in [0.717, 1.165) is 30.5 Å². The van der Waals surface area contributed by atoms with E-state index in [-0.39, 0.29) is 35.9 Å². The summed E-state index contributed by atoms with van der Waals surface area (Å²) in [6, 6.07) is 12.8. The molecule has 1 aromatic heterocycles. The predicted octanol–water partition coefficient (Wildman–Crippen LogP) is 2.28. The van der Waals surface area contributed by atoms with Gasteiger partial charge in [0.05, 0.1) is 11.9 Å². The Labute approximate surface area is 190 Å². The van der Waals surface area contributed by atoms with Gasteiger partial charge in [-0.05, 0) is 55.3 Å². The predicted molar refractivity (Wildman–Crippen MR) is 123 cm³/mol. The number of benzene rings is 2. The average molecular weight is 449 g/mol. The number of nitrogens with one attached hydrogen (secondary N) is 3. The number of nitrogens with two attached hydrogens (primary N) is 1. The molecule has 170 valence electrons. The SMILES string of the molecule is Nc1ncc(-c2cccc(CNC(=O)c3ccc(F)cc3)c2)nc1C(=O)N[C@H]1CCCNC1. The van der Waals surface area contributed by atoms with Crippen LogP contribution >= 0.6 is 0 Å². The van der Waals surface area contributed by atoms with E-state index in [2.05, 4.69) is 25.9 Å². The van der Waals surface area contributed by atoms with Gasteiger partial charge < -0.3 is 21.7 Å². The van der Waals surface area contributed by atoms with Crippen LogP contribution in [0, 0.1) is 5.82 Å². The smallest absolute Gasteiger partial charge is 0.274 e. The Morgan fingerprint density at radius 2 is 1.97 bits per heavy atom. The first-order valence-electron chi connectivity index (χ1n) is 10.8. The summed E-state index contributed by atoms with van der Waals surface area (Å²) < 4.78 is 13.0. The van der Waals surface area contributed by atoms with Gasteiger partial charge in [-0.15, -0.1) is 0 Å². The fourth-order valence-corrected chi connectivity index (χ4v) is 3.66. The summed E-state index contributed by atoms with van der Waals surface area (Å²) >= 11 is 0. The molecule has 0 unspecified atom stereocenters. The number of carbonyl (C=O) groups excluding carboxylic acids is 2. The molecular weight excluding hydrogens is 423 g/mol. The van der Waals surface area contributed by atoms with Crippen molar-refractivity contribution in [2.75, 3.05) is 18.8 Å². The Hall–Kier alpha value is -3.85. The third-order valence-corrected chi connectivity index (χ3v) is 5.43. The number of aromatic nitrogens is 2. The van der Waals surface area contributed by atoms with Crippen LogP contribution in [0.25, 0.3) is 11.3 Å². The molecule has 1 aliphatic heterocycles. The molecule has 2 aromatic carbocycles. The van der Waals surface area contributed by atoms with E-state index in [1.165, 1.54) is 30.5 Å². The first kappa shape index (κ1) is 22.3. The van der Waals surface area contributed by atoms with Crippen LogP contribution in [0.2, 0.25) is 0 Å². The second-order valence-electron chi connectivity index (χ2n) is 7.90. The summed E-state index contributed by atoms with van der Waals surface area (Å²) in [5, 5.41) is 9.03. The van der Waals surface area contributed by atoms with Gasteiger partial charge in [-0.2, -0.15) is 0 Å². The summed E-state index contributed by atoms with van der Waals surface area (Å²) in [5.74, 6) is -0.975. The largest absolute Gasteiger partial charge is 0.382 e. The first-order chi connectivity index (χ1) is 16.0. The monoisotopic (exact) mass is 448 g/mol. The zero-order valence-electron chi connectivity index (χ0n) is 18.0. The lowest BCUT2D eigenvalue weighted by Crippen LogP contribution is -2.46. The van der Waals surface area contributed by atoms with Crippen LogP contribution in [0.15, 0.2) is 54.7 Å². The normalized spacial score (nSPS) is 15.6. The Balaban J connectivity index is 1.46. The van der Waals surface area contributed by atoms with Crippen molar-refractivity contribution in [2.24, 2.45) is 0 Å². The second kappa shape index (κ2) is 10.2. The van der Waals surface area contributed by atoms with Gasteiger partial charge in [0.1, 0.15) is 5.82 Å². The zero-order chi connectivity index (χ0) is 23.2. The van der Waals surface area contributed by atoms with Crippen LogP contribution in [0.5, 0.6) is 0 Å². The van der Waals surface area contributed by atoms with Crippen molar-refractivity contribution in [1.29, 1.82) is 0 Å². The van der Waals surface area contributed by atoms with E-state index in [9.17, 15) is 14.0 Å². The quantitative estimate of drug-likeness (QED) is 0.459. The molecule has 2 heterocycles.